The van der Waals surface area contributed by atoms with E-state index in [4.69, 9.17) is 10.2 Å². The molecule has 0 saturated heterocycles. The van der Waals surface area contributed by atoms with Crippen LogP contribution in [0.25, 0.3) is 0 Å². The van der Waals surface area contributed by atoms with Crippen LogP contribution in [0, 0.1) is 0 Å². The molecule has 2 unspecified atom stereocenters. The van der Waals surface area contributed by atoms with Gasteiger partial charge in [-0.15, -0.1) is 23.1 Å². The van der Waals surface area contributed by atoms with Crippen LogP contribution >= 0.6 is 23.1 Å². The van der Waals surface area contributed by atoms with Crippen LogP contribution < -0.4 is 5.14 Å². The molecule has 7 heteroatoms. The fourth-order valence-electron chi connectivity index (χ4n) is 1.77. The van der Waals surface area contributed by atoms with Crippen LogP contribution in [-0.4, -0.2) is 25.4 Å². The third-order valence-corrected chi connectivity index (χ3v) is 6.64. The Hall–Kier alpha value is -0.0800. The zero-order valence-electron chi connectivity index (χ0n) is 8.71. The summed E-state index contributed by atoms with van der Waals surface area (Å²) < 4.78 is 23.7. The molecule has 1 aliphatic rings. The summed E-state index contributed by atoms with van der Waals surface area (Å²) in [5.41, 5.74) is 1.05. The van der Waals surface area contributed by atoms with Gasteiger partial charge in [0.1, 0.15) is 4.21 Å². The van der Waals surface area contributed by atoms with Crippen molar-refractivity contribution < 1.29 is 13.5 Å². The summed E-state index contributed by atoms with van der Waals surface area (Å²) in [5, 5.41) is 14.4. The Balaban J connectivity index is 2.41. The van der Waals surface area contributed by atoms with Gasteiger partial charge in [0, 0.05) is 5.25 Å². The summed E-state index contributed by atoms with van der Waals surface area (Å²) in [6.07, 6.45) is 0.870. The molecule has 0 bridgehead atoms. The van der Waals surface area contributed by atoms with Gasteiger partial charge in [-0.1, -0.05) is 6.92 Å². The molecule has 1 aromatic heterocycles. The molecule has 1 aliphatic heterocycles. The van der Waals surface area contributed by atoms with Crippen LogP contribution in [0.5, 0.6) is 0 Å². The minimum Gasteiger partial charge on any atom is -0.395 e. The molecular weight excluding hydrogens is 266 g/mol. The van der Waals surface area contributed by atoms with E-state index >= 15 is 0 Å². The molecular formula is C9H13NO3S3. The second kappa shape index (κ2) is 4.30. The second-order valence-electron chi connectivity index (χ2n) is 3.91. The molecule has 2 rings (SSSR count). The summed E-state index contributed by atoms with van der Waals surface area (Å²) in [4.78, 5) is 0. The minimum absolute atomic E-state index is 0.122. The van der Waals surface area contributed by atoms with E-state index in [0.717, 1.165) is 16.2 Å². The topological polar surface area (TPSA) is 80.4 Å². The van der Waals surface area contributed by atoms with Gasteiger partial charge >= 0.3 is 0 Å². The van der Waals surface area contributed by atoms with Crippen molar-refractivity contribution in [3.63, 3.8) is 0 Å². The first-order valence-electron chi connectivity index (χ1n) is 4.86. The van der Waals surface area contributed by atoms with Crippen molar-refractivity contribution in [3.05, 3.63) is 11.6 Å². The van der Waals surface area contributed by atoms with Gasteiger partial charge in [0.05, 0.1) is 10.8 Å². The number of sulfonamides is 1. The average molecular weight is 279 g/mol. The van der Waals surface area contributed by atoms with E-state index in [-0.39, 0.29) is 22.0 Å². The normalized spacial score (nSPS) is 25.4. The first-order valence-corrected chi connectivity index (χ1v) is 8.10. The summed E-state index contributed by atoms with van der Waals surface area (Å²) >= 11 is 2.75. The van der Waals surface area contributed by atoms with Crippen molar-refractivity contribution in [1.29, 1.82) is 0 Å². The number of primary sulfonamides is 1. The van der Waals surface area contributed by atoms with Crippen molar-refractivity contribution in [2.24, 2.45) is 5.14 Å². The maximum atomic E-state index is 11.2. The monoisotopic (exact) mass is 279 g/mol. The van der Waals surface area contributed by atoms with Crippen molar-refractivity contribution in [2.45, 2.75) is 32.9 Å². The molecule has 2 atom stereocenters. The number of hydrogen-bond acceptors (Lipinski definition) is 5. The van der Waals surface area contributed by atoms with Gasteiger partial charge in [0.25, 0.3) is 0 Å². The Bertz CT molecular complexity index is 494. The zero-order valence-corrected chi connectivity index (χ0v) is 11.2. The fourth-order valence-corrected chi connectivity index (χ4v) is 5.71. The van der Waals surface area contributed by atoms with E-state index in [0.29, 0.717) is 0 Å². The Morgan fingerprint density at radius 1 is 1.62 bits per heavy atom. The number of aliphatic hydroxyl groups is 1. The van der Waals surface area contributed by atoms with Crippen molar-refractivity contribution in [2.75, 3.05) is 6.61 Å². The molecule has 3 N–H and O–H groups in total. The molecule has 16 heavy (non-hydrogen) atoms. The van der Waals surface area contributed by atoms with Gasteiger partial charge in [0.15, 0.2) is 0 Å². The number of rotatable bonds is 2. The predicted molar refractivity (Wildman–Crippen MR) is 65.5 cm³/mol. The number of thioether (sulfide) groups is 1. The maximum Gasteiger partial charge on any atom is 0.247 e. The molecule has 0 saturated carbocycles. The number of fused-ring (bicyclic) bond motifs is 1. The lowest BCUT2D eigenvalue weighted by Crippen LogP contribution is -2.16. The average Bonchev–Trinajstić information content (AvgIpc) is 2.61. The van der Waals surface area contributed by atoms with Gasteiger partial charge in [-0.25, -0.2) is 13.6 Å². The molecule has 4 nitrogen and oxygen atoms in total. The summed E-state index contributed by atoms with van der Waals surface area (Å²) in [5.74, 6) is 0.278. The van der Waals surface area contributed by atoms with Crippen LogP contribution in [0.1, 0.15) is 24.8 Å². The lowest BCUT2D eigenvalue weighted by atomic mass is 9.98. The molecule has 1 aromatic rings. The van der Waals surface area contributed by atoms with E-state index in [9.17, 15) is 8.42 Å². The van der Waals surface area contributed by atoms with E-state index < -0.39 is 10.0 Å². The van der Waals surface area contributed by atoms with Gasteiger partial charge in [-0.05, 0) is 24.0 Å². The van der Waals surface area contributed by atoms with Crippen LogP contribution in [0.15, 0.2) is 14.5 Å². The highest BCUT2D eigenvalue weighted by Gasteiger charge is 2.28. The SMILES string of the molecule is CC1CC(CO)Sc2sc(S(N)(=O)=O)cc21. The number of thiophene rings is 1. The van der Waals surface area contributed by atoms with Crippen LogP contribution in [0.3, 0.4) is 0 Å². The number of aliphatic hydroxyl groups excluding tert-OH is 1. The molecule has 0 aliphatic carbocycles. The van der Waals surface area contributed by atoms with Gasteiger partial charge in [-0.3, -0.25) is 0 Å². The molecule has 0 amide bonds. The molecule has 0 fully saturated rings. The Morgan fingerprint density at radius 3 is 2.88 bits per heavy atom. The first kappa shape index (κ1) is 12.4. The van der Waals surface area contributed by atoms with E-state index in [1.807, 2.05) is 6.92 Å². The molecule has 2 heterocycles. The fraction of sp³-hybridized carbons (Fsp3) is 0.556. The molecule has 0 radical (unpaired) electrons. The third kappa shape index (κ3) is 2.28. The third-order valence-electron chi connectivity index (χ3n) is 2.61. The highest BCUT2D eigenvalue weighted by atomic mass is 32.3. The lowest BCUT2D eigenvalue weighted by molar-refractivity contribution is 0.285. The Morgan fingerprint density at radius 2 is 2.31 bits per heavy atom. The number of hydrogen-bond donors (Lipinski definition) is 2. The van der Waals surface area contributed by atoms with E-state index in [2.05, 4.69) is 0 Å². The summed E-state index contributed by atoms with van der Waals surface area (Å²) in [6.45, 7) is 2.16. The zero-order chi connectivity index (χ0) is 11.9. The quantitative estimate of drug-likeness (QED) is 0.856. The largest absolute Gasteiger partial charge is 0.395 e. The van der Waals surface area contributed by atoms with E-state index in [1.54, 1.807) is 17.8 Å². The van der Waals surface area contributed by atoms with Crippen molar-refractivity contribution >= 4 is 33.1 Å². The van der Waals surface area contributed by atoms with Gasteiger partial charge in [-0.2, -0.15) is 0 Å². The summed E-state index contributed by atoms with van der Waals surface area (Å²) in [7, 11) is -3.60. The first-order chi connectivity index (χ1) is 7.41. The predicted octanol–water partition coefficient (Wildman–Crippen LogP) is 1.36. The summed E-state index contributed by atoms with van der Waals surface area (Å²) in [6, 6.07) is 1.67. The van der Waals surface area contributed by atoms with Crippen LogP contribution in [0.4, 0.5) is 0 Å². The standard InChI is InChI=1S/C9H13NO3S3/c1-5-2-6(4-11)14-9-7(5)3-8(15-9)16(10,12)13/h3,5-6,11H,2,4H2,1H3,(H2,10,12,13). The molecule has 0 aromatic carbocycles. The second-order valence-corrected chi connectivity index (χ2v) is 8.32. The van der Waals surface area contributed by atoms with E-state index in [1.165, 1.54) is 11.3 Å². The lowest BCUT2D eigenvalue weighted by Gasteiger charge is -2.24. The Kier molecular flexibility index (Phi) is 3.33. The Labute approximate surface area is 103 Å². The minimum atomic E-state index is -3.60. The van der Waals surface area contributed by atoms with Gasteiger partial charge in [0.2, 0.25) is 10.0 Å². The maximum absolute atomic E-state index is 11.2. The van der Waals surface area contributed by atoms with Crippen LogP contribution in [-0.2, 0) is 10.0 Å². The molecule has 0 spiro atoms. The highest BCUT2D eigenvalue weighted by molar-refractivity contribution is 8.02. The number of nitrogens with two attached hydrogens (primary N) is 1. The van der Waals surface area contributed by atoms with Crippen LogP contribution in [0.2, 0.25) is 0 Å². The highest BCUT2D eigenvalue weighted by Crippen LogP contribution is 2.46. The smallest absolute Gasteiger partial charge is 0.247 e. The van der Waals surface area contributed by atoms with Crippen molar-refractivity contribution in [3.8, 4) is 0 Å². The van der Waals surface area contributed by atoms with Crippen molar-refractivity contribution in [1.82, 2.24) is 0 Å². The van der Waals surface area contributed by atoms with Gasteiger partial charge < -0.3 is 5.11 Å². The molecule has 90 valence electrons.